The van der Waals surface area contributed by atoms with Crippen LogP contribution in [0, 0.1) is 0 Å². The van der Waals surface area contributed by atoms with Gasteiger partial charge in [-0.1, -0.05) is 40.2 Å². The molecule has 0 aromatic heterocycles. The Morgan fingerprint density at radius 3 is 2.67 bits per heavy atom. The number of nitrogens with two attached hydrogens (primary N) is 1. The van der Waals surface area contributed by atoms with Crippen molar-refractivity contribution in [1.82, 2.24) is 0 Å². The molecule has 2 N–H and O–H groups in total. The molecular weight excluding hydrogens is 326 g/mol. The Hall–Kier alpha value is -1.32. The second-order valence-corrected chi connectivity index (χ2v) is 6.99. The van der Waals surface area contributed by atoms with Gasteiger partial charge in [0.2, 0.25) is 0 Å². The molecule has 1 aliphatic heterocycles. The van der Waals surface area contributed by atoms with Crippen molar-refractivity contribution in [3.05, 3.63) is 63.6 Å². The molecule has 3 heteroatoms. The summed E-state index contributed by atoms with van der Waals surface area (Å²) in [6, 6.07) is 15.0. The van der Waals surface area contributed by atoms with E-state index in [9.17, 15) is 0 Å². The molecular formula is C18H18BrNO. The Bertz CT molecular complexity index is 681. The monoisotopic (exact) mass is 343 g/mol. The lowest BCUT2D eigenvalue weighted by atomic mass is 9.92. The number of hydrogen-bond donors (Lipinski definition) is 1. The summed E-state index contributed by atoms with van der Waals surface area (Å²) in [5.41, 5.74) is 10.2. The van der Waals surface area contributed by atoms with Crippen LogP contribution in [0.2, 0.25) is 0 Å². The van der Waals surface area contributed by atoms with Crippen molar-refractivity contribution in [3.63, 3.8) is 0 Å². The van der Waals surface area contributed by atoms with Crippen LogP contribution in [-0.4, -0.2) is 0 Å². The van der Waals surface area contributed by atoms with Crippen LogP contribution in [0.4, 0.5) is 0 Å². The Morgan fingerprint density at radius 2 is 1.86 bits per heavy atom. The van der Waals surface area contributed by atoms with Crippen molar-refractivity contribution >= 4 is 15.9 Å². The van der Waals surface area contributed by atoms with Gasteiger partial charge in [0, 0.05) is 22.5 Å². The third-order valence-corrected chi connectivity index (χ3v) is 4.93. The molecule has 2 aromatic carbocycles. The molecule has 1 heterocycles. The lowest BCUT2D eigenvalue weighted by molar-refractivity contribution is 0.161. The van der Waals surface area contributed by atoms with Crippen LogP contribution in [0.1, 0.15) is 54.0 Å². The zero-order valence-corrected chi connectivity index (χ0v) is 13.3. The molecule has 0 radical (unpaired) electrons. The van der Waals surface area contributed by atoms with Gasteiger partial charge in [-0.25, -0.2) is 0 Å². The first-order chi connectivity index (χ1) is 10.2. The summed E-state index contributed by atoms with van der Waals surface area (Å²) in [4.78, 5) is 0. The average Bonchev–Trinajstić information content (AvgIpc) is 3.33. The van der Waals surface area contributed by atoms with Crippen molar-refractivity contribution in [2.45, 2.75) is 37.3 Å². The molecule has 2 nitrogen and oxygen atoms in total. The summed E-state index contributed by atoms with van der Waals surface area (Å²) in [7, 11) is 0. The number of benzene rings is 2. The van der Waals surface area contributed by atoms with E-state index in [0.717, 1.165) is 28.1 Å². The molecule has 0 amide bonds. The molecule has 4 rings (SSSR count). The van der Waals surface area contributed by atoms with Gasteiger partial charge in [-0.05, 0) is 48.1 Å². The molecule has 0 bridgehead atoms. The summed E-state index contributed by atoms with van der Waals surface area (Å²) in [5.74, 6) is 1.68. The van der Waals surface area contributed by atoms with Gasteiger partial charge in [0.25, 0.3) is 0 Å². The van der Waals surface area contributed by atoms with E-state index in [4.69, 9.17) is 10.5 Å². The Balaban J connectivity index is 1.65. The van der Waals surface area contributed by atoms with E-state index in [-0.39, 0.29) is 12.1 Å². The van der Waals surface area contributed by atoms with Crippen molar-refractivity contribution in [1.29, 1.82) is 0 Å². The van der Waals surface area contributed by atoms with Crippen LogP contribution in [0.3, 0.4) is 0 Å². The lowest BCUT2D eigenvalue weighted by Crippen LogP contribution is -2.24. The van der Waals surface area contributed by atoms with Gasteiger partial charge in [0.1, 0.15) is 11.9 Å². The summed E-state index contributed by atoms with van der Waals surface area (Å²) in [6.07, 6.45) is 3.54. The first kappa shape index (κ1) is 13.4. The zero-order chi connectivity index (χ0) is 14.4. The third kappa shape index (κ3) is 2.60. The molecule has 0 saturated heterocycles. The molecule has 1 unspecified atom stereocenters. The first-order valence-electron chi connectivity index (χ1n) is 7.52. The van der Waals surface area contributed by atoms with Crippen LogP contribution in [0.25, 0.3) is 0 Å². The van der Waals surface area contributed by atoms with E-state index < -0.39 is 0 Å². The Labute approximate surface area is 133 Å². The molecule has 0 spiro atoms. The topological polar surface area (TPSA) is 35.2 Å². The second kappa shape index (κ2) is 5.15. The van der Waals surface area contributed by atoms with Crippen LogP contribution in [0.5, 0.6) is 5.75 Å². The predicted molar refractivity (Wildman–Crippen MR) is 87.5 cm³/mol. The highest BCUT2D eigenvalue weighted by Crippen LogP contribution is 2.43. The van der Waals surface area contributed by atoms with Crippen molar-refractivity contribution in [2.24, 2.45) is 5.73 Å². The Morgan fingerprint density at radius 1 is 1.05 bits per heavy atom. The van der Waals surface area contributed by atoms with E-state index >= 15 is 0 Å². The summed E-state index contributed by atoms with van der Waals surface area (Å²) in [5, 5.41) is 0. The molecule has 21 heavy (non-hydrogen) atoms. The fraction of sp³-hybridized carbons (Fsp3) is 0.333. The van der Waals surface area contributed by atoms with E-state index in [1.54, 1.807) is 0 Å². The van der Waals surface area contributed by atoms with Crippen molar-refractivity contribution in [3.8, 4) is 5.75 Å². The quantitative estimate of drug-likeness (QED) is 0.845. The van der Waals surface area contributed by atoms with Crippen molar-refractivity contribution in [2.75, 3.05) is 0 Å². The predicted octanol–water partition coefficient (Wildman–Crippen LogP) is 4.85. The zero-order valence-electron chi connectivity index (χ0n) is 11.8. The van der Waals surface area contributed by atoms with E-state index in [0.29, 0.717) is 0 Å². The number of fused-ring (bicyclic) bond motifs is 1. The normalized spacial score (nSPS) is 24.3. The lowest BCUT2D eigenvalue weighted by Gasteiger charge is -2.31. The average molecular weight is 344 g/mol. The van der Waals surface area contributed by atoms with Crippen LogP contribution in [-0.2, 0) is 0 Å². The van der Waals surface area contributed by atoms with Crippen LogP contribution in [0.15, 0.2) is 46.9 Å². The fourth-order valence-corrected chi connectivity index (χ4v) is 3.49. The minimum Gasteiger partial charge on any atom is -0.485 e. The minimum atomic E-state index is 0.0285. The van der Waals surface area contributed by atoms with E-state index in [1.807, 2.05) is 12.1 Å². The van der Waals surface area contributed by atoms with E-state index in [1.165, 1.54) is 24.0 Å². The van der Waals surface area contributed by atoms with Crippen LogP contribution >= 0.6 is 15.9 Å². The molecule has 2 aromatic rings. The van der Waals surface area contributed by atoms with Crippen LogP contribution < -0.4 is 10.5 Å². The summed E-state index contributed by atoms with van der Waals surface area (Å²) >= 11 is 3.50. The number of rotatable bonds is 2. The molecule has 2 atom stereocenters. The van der Waals surface area contributed by atoms with Gasteiger partial charge < -0.3 is 10.5 Å². The number of halogens is 1. The smallest absolute Gasteiger partial charge is 0.126 e. The highest BCUT2D eigenvalue weighted by molar-refractivity contribution is 9.10. The SMILES string of the molecule is N[C@H]1CC(c2cccc(C3CC3)c2)Oc2ccc(Br)cc21. The molecule has 108 valence electrons. The van der Waals surface area contributed by atoms with Gasteiger partial charge in [-0.15, -0.1) is 0 Å². The number of hydrogen-bond acceptors (Lipinski definition) is 2. The van der Waals surface area contributed by atoms with Gasteiger partial charge >= 0.3 is 0 Å². The largest absolute Gasteiger partial charge is 0.485 e. The molecule has 2 aliphatic rings. The maximum Gasteiger partial charge on any atom is 0.126 e. The second-order valence-electron chi connectivity index (χ2n) is 6.08. The van der Waals surface area contributed by atoms with Crippen molar-refractivity contribution < 1.29 is 4.74 Å². The van der Waals surface area contributed by atoms with E-state index in [2.05, 4.69) is 46.3 Å². The summed E-state index contributed by atoms with van der Waals surface area (Å²) < 4.78 is 7.25. The maximum absolute atomic E-state index is 6.35. The maximum atomic E-state index is 6.35. The molecule has 1 saturated carbocycles. The Kier molecular flexibility index (Phi) is 3.27. The fourth-order valence-electron chi connectivity index (χ4n) is 3.11. The third-order valence-electron chi connectivity index (χ3n) is 4.44. The number of ether oxygens (including phenoxy) is 1. The molecule has 1 fully saturated rings. The van der Waals surface area contributed by atoms with Gasteiger partial charge in [0.05, 0.1) is 0 Å². The first-order valence-corrected chi connectivity index (χ1v) is 8.31. The van der Waals surface area contributed by atoms with Gasteiger partial charge in [0.15, 0.2) is 0 Å². The van der Waals surface area contributed by atoms with Gasteiger partial charge in [-0.3, -0.25) is 0 Å². The molecule has 1 aliphatic carbocycles. The summed E-state index contributed by atoms with van der Waals surface area (Å²) in [6.45, 7) is 0. The minimum absolute atomic E-state index is 0.0285. The highest BCUT2D eigenvalue weighted by Gasteiger charge is 2.29. The highest BCUT2D eigenvalue weighted by atomic mass is 79.9. The standard InChI is InChI=1S/C18H18BrNO/c19-14-6-7-17-15(9-14)16(20)10-18(21-17)13-3-1-2-12(8-13)11-4-5-11/h1-3,6-9,11,16,18H,4-5,10,20H2/t16-,18?/m0/s1. The van der Waals surface area contributed by atoms with Gasteiger partial charge in [-0.2, -0.15) is 0 Å².